The summed E-state index contributed by atoms with van der Waals surface area (Å²) < 4.78 is 0. The molecular weight excluding hydrogens is 330 g/mol. The summed E-state index contributed by atoms with van der Waals surface area (Å²) in [6, 6.07) is 6.13. The predicted molar refractivity (Wildman–Crippen MR) is 101 cm³/mol. The third kappa shape index (κ3) is 4.04. The Bertz CT molecular complexity index is 792. The van der Waals surface area contributed by atoms with Crippen LogP contribution in [0, 0.1) is 6.92 Å². The van der Waals surface area contributed by atoms with E-state index in [-0.39, 0.29) is 17.9 Å². The fourth-order valence-electron chi connectivity index (χ4n) is 3.18. The highest BCUT2D eigenvalue weighted by atomic mass is 16.2. The van der Waals surface area contributed by atoms with Gasteiger partial charge < -0.3 is 10.2 Å². The van der Waals surface area contributed by atoms with Crippen LogP contribution in [0.1, 0.15) is 36.3 Å². The summed E-state index contributed by atoms with van der Waals surface area (Å²) >= 11 is 0. The quantitative estimate of drug-likeness (QED) is 0.851. The van der Waals surface area contributed by atoms with Crippen LogP contribution in [-0.4, -0.2) is 70.6 Å². The van der Waals surface area contributed by atoms with E-state index >= 15 is 0 Å². The number of fused-ring (bicyclic) bond motifs is 1. The number of piperazine rings is 1. The highest BCUT2D eigenvalue weighted by Gasteiger charge is 2.26. The zero-order chi connectivity index (χ0) is 18.7. The van der Waals surface area contributed by atoms with Gasteiger partial charge in [0.15, 0.2) is 5.69 Å². The van der Waals surface area contributed by atoms with Crippen LogP contribution in [0.5, 0.6) is 0 Å². The third-order valence-corrected chi connectivity index (χ3v) is 4.97. The Labute approximate surface area is 153 Å². The van der Waals surface area contributed by atoms with E-state index in [2.05, 4.69) is 27.3 Å². The van der Waals surface area contributed by atoms with E-state index in [1.54, 1.807) is 0 Å². The van der Waals surface area contributed by atoms with Crippen molar-refractivity contribution in [1.82, 2.24) is 25.3 Å². The summed E-state index contributed by atoms with van der Waals surface area (Å²) in [5.74, 6) is -0.00143. The van der Waals surface area contributed by atoms with Gasteiger partial charge in [0.05, 0.1) is 12.1 Å². The van der Waals surface area contributed by atoms with Crippen LogP contribution in [-0.2, 0) is 4.79 Å². The number of H-pyrrole nitrogens is 1. The molecular formula is C19H27N5O2. The summed E-state index contributed by atoms with van der Waals surface area (Å²) in [5, 5.41) is 11.0. The van der Waals surface area contributed by atoms with E-state index in [4.69, 9.17) is 0 Å². The molecule has 1 aromatic heterocycles. The van der Waals surface area contributed by atoms with Crippen molar-refractivity contribution in [3.8, 4) is 0 Å². The molecule has 3 rings (SSSR count). The second-order valence-electron chi connectivity index (χ2n) is 7.07. The minimum Gasteiger partial charge on any atom is -0.353 e. The lowest BCUT2D eigenvalue weighted by Gasteiger charge is -2.34. The number of aromatic amines is 1. The van der Waals surface area contributed by atoms with E-state index in [0.717, 1.165) is 22.9 Å². The second-order valence-corrected chi connectivity index (χ2v) is 7.07. The maximum Gasteiger partial charge on any atom is 0.275 e. The molecule has 1 aromatic carbocycles. The lowest BCUT2D eigenvalue weighted by Crippen LogP contribution is -2.51. The number of carbonyl (C=O) groups excluding carboxylic acids is 2. The molecule has 7 heteroatoms. The Morgan fingerprint density at radius 1 is 1.27 bits per heavy atom. The number of aryl methyl sites for hydroxylation is 1. The van der Waals surface area contributed by atoms with Crippen molar-refractivity contribution in [3.05, 3.63) is 29.5 Å². The molecule has 2 aromatic rings. The van der Waals surface area contributed by atoms with Crippen LogP contribution in [0.2, 0.25) is 0 Å². The predicted octanol–water partition coefficient (Wildman–Crippen LogP) is 1.54. The van der Waals surface area contributed by atoms with Crippen LogP contribution >= 0.6 is 0 Å². The normalized spacial score (nSPS) is 16.7. The molecule has 1 saturated heterocycles. The second kappa shape index (κ2) is 7.86. The molecule has 0 unspecified atom stereocenters. The largest absolute Gasteiger partial charge is 0.353 e. The molecule has 140 valence electrons. The van der Waals surface area contributed by atoms with Crippen molar-refractivity contribution < 1.29 is 9.59 Å². The molecule has 7 nitrogen and oxygen atoms in total. The molecule has 0 saturated carbocycles. The fraction of sp³-hybridized carbons (Fsp3) is 0.526. The zero-order valence-corrected chi connectivity index (χ0v) is 15.7. The smallest absolute Gasteiger partial charge is 0.275 e. The van der Waals surface area contributed by atoms with Crippen LogP contribution < -0.4 is 5.32 Å². The monoisotopic (exact) mass is 357 g/mol. The number of carbonyl (C=O) groups is 2. The number of nitrogens with zero attached hydrogens (tertiary/aromatic N) is 3. The summed E-state index contributed by atoms with van der Waals surface area (Å²) in [6.07, 6.45) is 0.922. The summed E-state index contributed by atoms with van der Waals surface area (Å²) in [4.78, 5) is 28.8. The molecule has 1 fully saturated rings. The van der Waals surface area contributed by atoms with Crippen molar-refractivity contribution >= 4 is 22.7 Å². The average Bonchev–Trinajstić information content (AvgIpc) is 3.04. The number of nitrogens with one attached hydrogen (secondary N) is 2. The highest BCUT2D eigenvalue weighted by Crippen LogP contribution is 2.19. The Kier molecular flexibility index (Phi) is 5.56. The number of hydrogen-bond donors (Lipinski definition) is 2. The first-order valence-corrected chi connectivity index (χ1v) is 9.23. The van der Waals surface area contributed by atoms with Crippen molar-refractivity contribution in [2.45, 2.75) is 33.2 Å². The summed E-state index contributed by atoms with van der Waals surface area (Å²) in [6.45, 7) is 9.05. The van der Waals surface area contributed by atoms with Crippen molar-refractivity contribution in [1.29, 1.82) is 0 Å². The number of amides is 2. The number of hydrogen-bond acceptors (Lipinski definition) is 4. The topological polar surface area (TPSA) is 81.3 Å². The summed E-state index contributed by atoms with van der Waals surface area (Å²) in [5.41, 5.74) is 2.45. The van der Waals surface area contributed by atoms with Crippen LogP contribution in [0.3, 0.4) is 0 Å². The standard InChI is InChI=1S/C19H27N5O2/c1-4-14(3)20-17(25)12-23-7-9-24(10-8-23)19(26)18-15-11-13(2)5-6-16(15)21-22-18/h5-6,11,14H,4,7-10,12H2,1-3H3,(H,20,25)(H,21,22)/t14-/m1/s1. The number of aromatic nitrogens is 2. The van der Waals surface area contributed by atoms with Gasteiger partial charge in [-0.3, -0.25) is 19.6 Å². The molecule has 2 heterocycles. The molecule has 1 atom stereocenters. The van der Waals surface area contributed by atoms with Gasteiger partial charge in [-0.15, -0.1) is 0 Å². The van der Waals surface area contributed by atoms with Gasteiger partial charge >= 0.3 is 0 Å². The molecule has 1 aliphatic rings. The minimum absolute atomic E-state index is 0.0490. The molecule has 0 bridgehead atoms. The molecule has 26 heavy (non-hydrogen) atoms. The van der Waals surface area contributed by atoms with Crippen molar-refractivity contribution in [2.24, 2.45) is 0 Å². The Morgan fingerprint density at radius 2 is 2.00 bits per heavy atom. The lowest BCUT2D eigenvalue weighted by atomic mass is 10.1. The van der Waals surface area contributed by atoms with Crippen LogP contribution in [0.4, 0.5) is 0 Å². The molecule has 2 amide bonds. The Balaban J connectivity index is 1.58. The van der Waals surface area contributed by atoms with Crippen molar-refractivity contribution in [2.75, 3.05) is 32.7 Å². The Morgan fingerprint density at radius 3 is 2.69 bits per heavy atom. The summed E-state index contributed by atoms with van der Waals surface area (Å²) in [7, 11) is 0. The maximum atomic E-state index is 12.8. The zero-order valence-electron chi connectivity index (χ0n) is 15.7. The minimum atomic E-state index is -0.0504. The van der Waals surface area contributed by atoms with Crippen molar-refractivity contribution in [3.63, 3.8) is 0 Å². The van der Waals surface area contributed by atoms with Gasteiger partial charge in [0.1, 0.15) is 0 Å². The first-order valence-electron chi connectivity index (χ1n) is 9.23. The van der Waals surface area contributed by atoms with Gasteiger partial charge in [-0.05, 0) is 32.4 Å². The average molecular weight is 357 g/mol. The van der Waals surface area contributed by atoms with Gasteiger partial charge in [0.25, 0.3) is 5.91 Å². The van der Waals surface area contributed by atoms with Crippen LogP contribution in [0.15, 0.2) is 18.2 Å². The maximum absolute atomic E-state index is 12.8. The highest BCUT2D eigenvalue weighted by molar-refractivity contribution is 6.04. The number of rotatable bonds is 5. The van der Waals surface area contributed by atoms with E-state index in [1.165, 1.54) is 0 Å². The fourth-order valence-corrected chi connectivity index (χ4v) is 3.18. The first-order chi connectivity index (χ1) is 12.5. The SMILES string of the molecule is CC[C@@H](C)NC(=O)CN1CCN(C(=O)c2n[nH]c3ccc(C)cc23)CC1. The van der Waals surface area contributed by atoms with E-state index < -0.39 is 0 Å². The van der Waals surface area contributed by atoms with Gasteiger partial charge in [0, 0.05) is 37.6 Å². The Hall–Kier alpha value is -2.41. The molecule has 2 N–H and O–H groups in total. The van der Waals surface area contributed by atoms with Gasteiger partial charge in [-0.25, -0.2) is 0 Å². The van der Waals surface area contributed by atoms with E-state index in [0.29, 0.717) is 38.4 Å². The van der Waals surface area contributed by atoms with E-state index in [1.807, 2.05) is 36.9 Å². The molecule has 0 aliphatic carbocycles. The molecule has 0 radical (unpaired) electrons. The van der Waals surface area contributed by atoms with Gasteiger partial charge in [0.2, 0.25) is 5.91 Å². The molecule has 0 spiro atoms. The first kappa shape index (κ1) is 18.4. The lowest BCUT2D eigenvalue weighted by molar-refractivity contribution is -0.123. The van der Waals surface area contributed by atoms with E-state index in [9.17, 15) is 9.59 Å². The van der Waals surface area contributed by atoms with Gasteiger partial charge in [-0.1, -0.05) is 18.6 Å². The third-order valence-electron chi connectivity index (χ3n) is 4.97. The number of benzene rings is 1. The molecule has 1 aliphatic heterocycles. The van der Waals surface area contributed by atoms with Crippen LogP contribution in [0.25, 0.3) is 10.9 Å². The van der Waals surface area contributed by atoms with Gasteiger partial charge in [-0.2, -0.15) is 5.10 Å².